The van der Waals surface area contributed by atoms with Crippen LogP contribution >= 0.6 is 11.8 Å². The Morgan fingerprint density at radius 2 is 1.11 bits per heavy atom. The van der Waals surface area contributed by atoms with Gasteiger partial charge in [0.2, 0.25) is 5.79 Å². The minimum absolute atomic E-state index is 0.503. The molecule has 0 radical (unpaired) electrons. The third-order valence-electron chi connectivity index (χ3n) is 6.26. The molecule has 4 heteroatoms. The van der Waals surface area contributed by atoms with E-state index in [-0.39, 0.29) is 0 Å². The highest BCUT2D eigenvalue weighted by Crippen LogP contribution is 2.47. The summed E-state index contributed by atoms with van der Waals surface area (Å²) in [6.07, 6.45) is 2.05. The molecule has 1 aliphatic heterocycles. The summed E-state index contributed by atoms with van der Waals surface area (Å²) in [4.78, 5) is 4.90. The third-order valence-corrected chi connectivity index (χ3v) is 7.39. The summed E-state index contributed by atoms with van der Waals surface area (Å²) in [5.41, 5.74) is 4.46. The number of anilines is 2. The van der Waals surface area contributed by atoms with Crippen LogP contribution in [0.2, 0.25) is 0 Å². The van der Waals surface area contributed by atoms with Crippen molar-refractivity contribution in [2.24, 2.45) is 0 Å². The molecule has 0 unspecified atom stereocenters. The molecule has 0 aromatic heterocycles. The minimum atomic E-state index is -0.957. The third kappa shape index (κ3) is 5.01. The molecular formula is C31H31NO2S. The summed E-state index contributed by atoms with van der Waals surface area (Å²) in [6, 6.07) is 37.8. The van der Waals surface area contributed by atoms with E-state index >= 15 is 0 Å². The molecule has 4 aromatic rings. The number of unbranched alkanes of at least 4 members (excludes halogenated alkanes) is 1. The van der Waals surface area contributed by atoms with Gasteiger partial charge in [-0.2, -0.15) is 0 Å². The number of hydrogen-bond donors (Lipinski definition) is 0. The molecule has 0 aliphatic carbocycles. The van der Waals surface area contributed by atoms with E-state index < -0.39 is 5.79 Å². The van der Waals surface area contributed by atoms with Crippen molar-refractivity contribution >= 4 is 23.1 Å². The van der Waals surface area contributed by atoms with Gasteiger partial charge in [0.1, 0.15) is 0 Å². The standard InChI is InChI=1S/C31H31NO2S/c1-2-3-23-33-31(25-14-6-4-7-15-25,26-16-8-5-9-17-26)34-24-22-32-27-18-10-12-20-29(27)35-30-21-13-11-19-28(30)32/h4-21H,2-3,22-24H2,1H3. The minimum Gasteiger partial charge on any atom is -0.342 e. The predicted molar refractivity (Wildman–Crippen MR) is 144 cm³/mol. The Hall–Kier alpha value is -3.05. The fourth-order valence-corrected chi connectivity index (χ4v) is 5.62. The molecule has 0 atom stereocenters. The van der Waals surface area contributed by atoms with Crippen LogP contribution < -0.4 is 4.90 Å². The Kier molecular flexibility index (Phi) is 7.53. The highest BCUT2D eigenvalue weighted by molar-refractivity contribution is 7.99. The van der Waals surface area contributed by atoms with Crippen molar-refractivity contribution < 1.29 is 9.47 Å². The highest BCUT2D eigenvalue weighted by Gasteiger charge is 2.37. The van der Waals surface area contributed by atoms with E-state index in [0.29, 0.717) is 19.8 Å². The van der Waals surface area contributed by atoms with Crippen molar-refractivity contribution in [3.8, 4) is 0 Å². The zero-order valence-electron chi connectivity index (χ0n) is 20.1. The monoisotopic (exact) mass is 481 g/mol. The quantitative estimate of drug-likeness (QED) is 0.169. The van der Waals surface area contributed by atoms with Gasteiger partial charge in [-0.1, -0.05) is 110 Å². The van der Waals surface area contributed by atoms with Gasteiger partial charge in [-0.15, -0.1) is 0 Å². The second-order valence-corrected chi connectivity index (χ2v) is 9.67. The fraction of sp³-hybridized carbons (Fsp3) is 0.226. The Morgan fingerprint density at radius 1 is 0.629 bits per heavy atom. The van der Waals surface area contributed by atoms with Crippen molar-refractivity contribution in [3.63, 3.8) is 0 Å². The van der Waals surface area contributed by atoms with Gasteiger partial charge in [0.25, 0.3) is 0 Å². The molecule has 1 heterocycles. The molecular weight excluding hydrogens is 450 g/mol. The van der Waals surface area contributed by atoms with Crippen LogP contribution in [-0.2, 0) is 15.3 Å². The van der Waals surface area contributed by atoms with Crippen molar-refractivity contribution in [1.29, 1.82) is 0 Å². The summed E-state index contributed by atoms with van der Waals surface area (Å²) in [7, 11) is 0. The van der Waals surface area contributed by atoms with E-state index in [2.05, 4.69) is 84.6 Å². The Labute approximate surface area is 212 Å². The van der Waals surface area contributed by atoms with Crippen LogP contribution in [0.25, 0.3) is 0 Å². The molecule has 0 saturated heterocycles. The number of hydrogen-bond acceptors (Lipinski definition) is 4. The molecule has 3 nitrogen and oxygen atoms in total. The largest absolute Gasteiger partial charge is 0.342 e. The van der Waals surface area contributed by atoms with Gasteiger partial charge in [-0.05, 0) is 30.7 Å². The van der Waals surface area contributed by atoms with Gasteiger partial charge in [0.05, 0.1) is 24.6 Å². The topological polar surface area (TPSA) is 21.7 Å². The maximum absolute atomic E-state index is 6.81. The number of ether oxygens (including phenoxy) is 2. The molecule has 0 N–H and O–H groups in total. The Bertz CT molecular complexity index is 1140. The highest BCUT2D eigenvalue weighted by atomic mass is 32.2. The van der Waals surface area contributed by atoms with E-state index in [9.17, 15) is 0 Å². The second kappa shape index (κ2) is 11.1. The lowest BCUT2D eigenvalue weighted by molar-refractivity contribution is -0.217. The summed E-state index contributed by atoms with van der Waals surface area (Å²) < 4.78 is 13.4. The SMILES string of the molecule is CCCCOC(OCCN1c2ccccc2Sc2ccccc21)(c1ccccc1)c1ccccc1. The van der Waals surface area contributed by atoms with Gasteiger partial charge in [0, 0.05) is 27.5 Å². The number of rotatable bonds is 10. The number of nitrogens with zero attached hydrogens (tertiary/aromatic N) is 1. The lowest BCUT2D eigenvalue weighted by Crippen LogP contribution is -2.38. The van der Waals surface area contributed by atoms with Gasteiger partial charge in [-0.25, -0.2) is 0 Å². The smallest absolute Gasteiger partial charge is 0.222 e. The molecule has 0 spiro atoms. The first-order valence-corrected chi connectivity index (χ1v) is 13.2. The summed E-state index contributed by atoms with van der Waals surface area (Å²) >= 11 is 1.83. The molecule has 0 bridgehead atoms. The average Bonchev–Trinajstić information content (AvgIpc) is 2.93. The van der Waals surface area contributed by atoms with Crippen molar-refractivity contribution in [2.75, 3.05) is 24.7 Å². The number of fused-ring (bicyclic) bond motifs is 2. The van der Waals surface area contributed by atoms with Crippen LogP contribution in [0.5, 0.6) is 0 Å². The summed E-state index contributed by atoms with van der Waals surface area (Å²) in [6.45, 7) is 4.03. The van der Waals surface area contributed by atoms with E-state index in [0.717, 1.165) is 24.0 Å². The molecule has 1 aliphatic rings. The zero-order chi connectivity index (χ0) is 23.9. The molecule has 4 aromatic carbocycles. The summed E-state index contributed by atoms with van der Waals surface area (Å²) in [5, 5.41) is 0. The first kappa shape index (κ1) is 23.7. The maximum Gasteiger partial charge on any atom is 0.222 e. The van der Waals surface area contributed by atoms with E-state index in [1.165, 1.54) is 21.2 Å². The molecule has 0 saturated carbocycles. The normalized spacial score (nSPS) is 12.8. The molecule has 5 rings (SSSR count). The number of para-hydroxylation sites is 2. The summed E-state index contributed by atoms with van der Waals surface area (Å²) in [5.74, 6) is -0.957. The lowest BCUT2D eigenvalue weighted by Gasteiger charge is -2.37. The van der Waals surface area contributed by atoms with Crippen LogP contribution in [0.1, 0.15) is 30.9 Å². The molecule has 178 valence electrons. The number of benzene rings is 4. The van der Waals surface area contributed by atoms with Crippen molar-refractivity contribution in [1.82, 2.24) is 0 Å². The Morgan fingerprint density at radius 3 is 1.66 bits per heavy atom. The maximum atomic E-state index is 6.81. The van der Waals surface area contributed by atoms with Gasteiger partial charge in [-0.3, -0.25) is 0 Å². The fourth-order valence-electron chi connectivity index (χ4n) is 4.52. The Balaban J connectivity index is 1.47. The van der Waals surface area contributed by atoms with Crippen molar-refractivity contribution in [2.45, 2.75) is 35.3 Å². The molecule has 0 fully saturated rings. The second-order valence-electron chi connectivity index (χ2n) is 8.59. The molecule has 0 amide bonds. The van der Waals surface area contributed by atoms with Crippen LogP contribution in [0, 0.1) is 0 Å². The van der Waals surface area contributed by atoms with Gasteiger partial charge >= 0.3 is 0 Å². The predicted octanol–water partition coefficient (Wildman–Crippen LogP) is 8.02. The first-order chi connectivity index (χ1) is 17.3. The van der Waals surface area contributed by atoms with Gasteiger partial charge in [0.15, 0.2) is 0 Å². The van der Waals surface area contributed by atoms with E-state index in [1.54, 1.807) is 0 Å². The van der Waals surface area contributed by atoms with Crippen LogP contribution in [0.3, 0.4) is 0 Å². The zero-order valence-corrected chi connectivity index (χ0v) is 20.9. The van der Waals surface area contributed by atoms with Crippen LogP contribution in [-0.4, -0.2) is 19.8 Å². The van der Waals surface area contributed by atoms with E-state index in [4.69, 9.17) is 9.47 Å². The van der Waals surface area contributed by atoms with Crippen molar-refractivity contribution in [3.05, 3.63) is 120 Å². The van der Waals surface area contributed by atoms with Crippen LogP contribution in [0.15, 0.2) is 119 Å². The first-order valence-electron chi connectivity index (χ1n) is 12.3. The van der Waals surface area contributed by atoms with Gasteiger partial charge < -0.3 is 14.4 Å². The molecule has 35 heavy (non-hydrogen) atoms. The van der Waals surface area contributed by atoms with Crippen LogP contribution in [0.4, 0.5) is 11.4 Å². The lowest BCUT2D eigenvalue weighted by atomic mass is 9.97. The average molecular weight is 482 g/mol. The van der Waals surface area contributed by atoms with E-state index in [1.807, 2.05) is 48.2 Å².